The number of rotatable bonds is 3. The van der Waals surface area contributed by atoms with Crippen molar-refractivity contribution in [3.63, 3.8) is 0 Å². The smallest absolute Gasteiger partial charge is 0.335 e. The van der Waals surface area contributed by atoms with E-state index in [1.165, 1.54) is 17.4 Å². The van der Waals surface area contributed by atoms with Crippen LogP contribution in [-0.4, -0.2) is 28.4 Å². The van der Waals surface area contributed by atoms with Gasteiger partial charge >= 0.3 is 6.18 Å². The van der Waals surface area contributed by atoms with Crippen molar-refractivity contribution < 1.29 is 18.0 Å². The van der Waals surface area contributed by atoms with Crippen molar-refractivity contribution in [2.75, 3.05) is 6.54 Å². The van der Waals surface area contributed by atoms with E-state index in [2.05, 4.69) is 4.98 Å². The molecular formula is C20H21F3N2OS. The Kier molecular flexibility index (Phi) is 4.74. The van der Waals surface area contributed by atoms with E-state index < -0.39 is 11.7 Å². The molecule has 1 amide bonds. The van der Waals surface area contributed by atoms with Crippen LogP contribution in [-0.2, 0) is 6.18 Å². The summed E-state index contributed by atoms with van der Waals surface area (Å²) in [6.45, 7) is 2.70. The van der Waals surface area contributed by atoms with Gasteiger partial charge in [-0.15, -0.1) is 11.3 Å². The molecule has 2 fully saturated rings. The molecule has 27 heavy (non-hydrogen) atoms. The molecule has 1 saturated heterocycles. The molecule has 2 heterocycles. The summed E-state index contributed by atoms with van der Waals surface area (Å²) in [5, 5.41) is 0.871. The molecule has 1 unspecified atom stereocenters. The second kappa shape index (κ2) is 6.93. The number of thiazole rings is 1. The zero-order valence-electron chi connectivity index (χ0n) is 15.1. The lowest BCUT2D eigenvalue weighted by atomic mass is 10.0. The summed E-state index contributed by atoms with van der Waals surface area (Å²) >= 11 is 1.37. The van der Waals surface area contributed by atoms with E-state index in [1.807, 2.05) is 11.8 Å². The van der Waals surface area contributed by atoms with Gasteiger partial charge in [0, 0.05) is 18.5 Å². The van der Waals surface area contributed by atoms with Crippen LogP contribution >= 0.6 is 11.3 Å². The highest BCUT2D eigenvalue weighted by molar-refractivity contribution is 7.15. The van der Waals surface area contributed by atoms with Crippen LogP contribution in [0.2, 0.25) is 0 Å². The van der Waals surface area contributed by atoms with Gasteiger partial charge in [0.25, 0.3) is 5.91 Å². The molecule has 0 spiro atoms. The van der Waals surface area contributed by atoms with Gasteiger partial charge in [0.05, 0.1) is 15.4 Å². The Labute approximate surface area is 160 Å². The van der Waals surface area contributed by atoms with E-state index in [4.69, 9.17) is 0 Å². The number of hydrogen-bond donors (Lipinski definition) is 0. The van der Waals surface area contributed by atoms with Gasteiger partial charge in [0.2, 0.25) is 0 Å². The predicted octanol–water partition coefficient (Wildman–Crippen LogP) is 5.72. The standard InChI is InChI=1S/C20H21F3N2OS/c1-12-5-2-3-10-25(12)19(26)16-17(27-18(24-16)13-8-9-13)14-6-4-7-15(11-14)20(21,22)23/h4,6-7,11-13H,2-3,5,8-10H2,1H3. The van der Waals surface area contributed by atoms with Crippen LogP contribution in [0.25, 0.3) is 10.4 Å². The minimum Gasteiger partial charge on any atom is -0.335 e. The van der Waals surface area contributed by atoms with E-state index >= 15 is 0 Å². The minimum atomic E-state index is -4.41. The maximum absolute atomic E-state index is 13.2. The highest BCUT2D eigenvalue weighted by atomic mass is 32.1. The summed E-state index contributed by atoms with van der Waals surface area (Å²) in [6, 6.07) is 5.34. The molecule has 7 heteroatoms. The van der Waals surface area contributed by atoms with E-state index in [9.17, 15) is 18.0 Å². The number of halogens is 3. The Morgan fingerprint density at radius 3 is 2.67 bits per heavy atom. The van der Waals surface area contributed by atoms with Crippen molar-refractivity contribution in [2.24, 2.45) is 0 Å². The summed E-state index contributed by atoms with van der Waals surface area (Å²) in [5.74, 6) is 0.192. The molecular weight excluding hydrogens is 373 g/mol. The first kappa shape index (κ1) is 18.5. The van der Waals surface area contributed by atoms with E-state index in [0.717, 1.165) is 49.2 Å². The van der Waals surface area contributed by atoms with Crippen LogP contribution in [0.3, 0.4) is 0 Å². The predicted molar refractivity (Wildman–Crippen MR) is 98.9 cm³/mol. The third-order valence-electron chi connectivity index (χ3n) is 5.29. The third-order valence-corrected chi connectivity index (χ3v) is 6.56. The normalized spacial score (nSPS) is 20.7. The largest absolute Gasteiger partial charge is 0.416 e. The van der Waals surface area contributed by atoms with Crippen LogP contribution in [0.4, 0.5) is 13.2 Å². The van der Waals surface area contributed by atoms with Crippen LogP contribution in [0.15, 0.2) is 24.3 Å². The molecule has 1 aromatic carbocycles. The summed E-state index contributed by atoms with van der Waals surface area (Å²) < 4.78 is 39.4. The zero-order chi connectivity index (χ0) is 19.2. The third kappa shape index (κ3) is 3.74. The van der Waals surface area contributed by atoms with Crippen molar-refractivity contribution in [2.45, 2.75) is 57.2 Å². The van der Waals surface area contributed by atoms with Gasteiger partial charge in [0.1, 0.15) is 5.69 Å². The van der Waals surface area contributed by atoms with Gasteiger partial charge in [0.15, 0.2) is 0 Å². The number of likely N-dealkylation sites (tertiary alicyclic amines) is 1. The summed E-state index contributed by atoms with van der Waals surface area (Å²) in [4.78, 5) is 20.2. The highest BCUT2D eigenvalue weighted by Crippen LogP contribution is 2.45. The number of alkyl halides is 3. The molecule has 0 bridgehead atoms. The average Bonchev–Trinajstić information content (AvgIpc) is 3.39. The van der Waals surface area contributed by atoms with Crippen LogP contribution in [0.1, 0.15) is 66.0 Å². The molecule has 2 aromatic rings. The minimum absolute atomic E-state index is 0.131. The number of piperidine rings is 1. The fraction of sp³-hybridized carbons (Fsp3) is 0.500. The first-order chi connectivity index (χ1) is 12.8. The maximum Gasteiger partial charge on any atom is 0.416 e. The molecule has 144 valence electrons. The SMILES string of the molecule is CC1CCCCN1C(=O)c1nc(C2CC2)sc1-c1cccc(C(F)(F)F)c1. The van der Waals surface area contributed by atoms with Gasteiger partial charge < -0.3 is 4.90 Å². The van der Waals surface area contributed by atoms with Gasteiger partial charge in [-0.2, -0.15) is 13.2 Å². The van der Waals surface area contributed by atoms with E-state index in [-0.39, 0.29) is 11.9 Å². The average molecular weight is 394 g/mol. The summed E-state index contributed by atoms with van der Waals surface area (Å²) in [7, 11) is 0. The molecule has 4 rings (SSSR count). The van der Waals surface area contributed by atoms with Crippen molar-refractivity contribution >= 4 is 17.2 Å². The Morgan fingerprint density at radius 2 is 2.00 bits per heavy atom. The fourth-order valence-electron chi connectivity index (χ4n) is 3.55. The van der Waals surface area contributed by atoms with Crippen molar-refractivity contribution in [1.29, 1.82) is 0 Å². The second-order valence-electron chi connectivity index (χ2n) is 7.43. The topological polar surface area (TPSA) is 33.2 Å². The maximum atomic E-state index is 13.2. The highest BCUT2D eigenvalue weighted by Gasteiger charge is 2.35. The Morgan fingerprint density at radius 1 is 1.22 bits per heavy atom. The van der Waals surface area contributed by atoms with Gasteiger partial charge in [-0.05, 0) is 56.7 Å². The monoisotopic (exact) mass is 394 g/mol. The molecule has 3 nitrogen and oxygen atoms in total. The number of carbonyl (C=O) groups excluding carboxylic acids is 1. The molecule has 0 radical (unpaired) electrons. The molecule has 1 saturated carbocycles. The lowest BCUT2D eigenvalue weighted by Gasteiger charge is -2.33. The summed E-state index contributed by atoms with van der Waals surface area (Å²) in [6.07, 6.45) is 0.646. The van der Waals surface area contributed by atoms with Gasteiger partial charge in [-0.1, -0.05) is 12.1 Å². The number of nitrogens with zero attached hydrogens (tertiary/aromatic N) is 2. The first-order valence-electron chi connectivity index (χ1n) is 9.34. The lowest BCUT2D eigenvalue weighted by molar-refractivity contribution is -0.137. The number of hydrogen-bond acceptors (Lipinski definition) is 3. The van der Waals surface area contributed by atoms with Crippen molar-refractivity contribution in [3.8, 4) is 10.4 Å². The molecule has 1 aliphatic heterocycles. The lowest BCUT2D eigenvalue weighted by Crippen LogP contribution is -2.42. The van der Waals surface area contributed by atoms with E-state index in [1.54, 1.807) is 6.07 Å². The number of aromatic nitrogens is 1. The molecule has 1 atom stereocenters. The number of carbonyl (C=O) groups is 1. The van der Waals surface area contributed by atoms with Crippen molar-refractivity contribution in [1.82, 2.24) is 9.88 Å². The van der Waals surface area contributed by atoms with Crippen LogP contribution in [0, 0.1) is 0 Å². The van der Waals surface area contributed by atoms with Gasteiger partial charge in [-0.25, -0.2) is 4.98 Å². The van der Waals surface area contributed by atoms with Gasteiger partial charge in [-0.3, -0.25) is 4.79 Å². The van der Waals surface area contributed by atoms with E-state index in [0.29, 0.717) is 28.6 Å². The number of benzene rings is 1. The van der Waals surface area contributed by atoms with Crippen LogP contribution < -0.4 is 0 Å². The Balaban J connectivity index is 1.75. The molecule has 0 N–H and O–H groups in total. The summed E-state index contributed by atoms with van der Waals surface area (Å²) in [5.41, 5.74) is 0.0309. The Hall–Kier alpha value is -1.89. The molecule has 1 aromatic heterocycles. The fourth-order valence-corrected chi connectivity index (χ4v) is 4.78. The molecule has 1 aliphatic carbocycles. The molecule has 2 aliphatic rings. The number of amides is 1. The quantitative estimate of drug-likeness (QED) is 0.667. The van der Waals surface area contributed by atoms with Crippen LogP contribution in [0.5, 0.6) is 0 Å². The second-order valence-corrected chi connectivity index (χ2v) is 8.46. The Bertz CT molecular complexity index is 857. The van der Waals surface area contributed by atoms with Crippen molar-refractivity contribution in [3.05, 3.63) is 40.5 Å². The first-order valence-corrected chi connectivity index (χ1v) is 10.2. The zero-order valence-corrected chi connectivity index (χ0v) is 15.9.